The Morgan fingerprint density at radius 3 is 2.79 bits per heavy atom. The third-order valence-electron chi connectivity index (χ3n) is 3.43. The molecule has 4 nitrogen and oxygen atoms in total. The van der Waals surface area contributed by atoms with Gasteiger partial charge in [-0.25, -0.2) is 4.79 Å². The Morgan fingerprint density at radius 1 is 1.37 bits per heavy atom. The van der Waals surface area contributed by atoms with E-state index >= 15 is 0 Å². The molecule has 2 heterocycles. The molecule has 0 spiro atoms. The minimum absolute atomic E-state index is 0.113. The van der Waals surface area contributed by atoms with Crippen molar-refractivity contribution in [2.75, 3.05) is 0 Å². The average molecular weight is 320 g/mol. The lowest BCUT2D eigenvalue weighted by Crippen LogP contribution is -2.11. The van der Waals surface area contributed by atoms with Crippen LogP contribution in [0.5, 0.6) is 0 Å². The zero-order valence-electron chi connectivity index (χ0n) is 11.0. The number of nitrogens with one attached hydrogen (secondary N) is 1. The molecule has 0 radical (unpaired) electrons. The topological polar surface area (TPSA) is 50.7 Å². The van der Waals surface area contributed by atoms with Crippen molar-refractivity contribution in [2.24, 2.45) is 7.05 Å². The molecule has 3 aromatic rings. The number of fused-ring (bicyclic) bond motifs is 3. The van der Waals surface area contributed by atoms with Gasteiger partial charge in [-0.2, -0.15) is 0 Å². The Kier molecular flexibility index (Phi) is 2.57. The van der Waals surface area contributed by atoms with Crippen LogP contribution in [0.1, 0.15) is 19.4 Å². The quantitative estimate of drug-likeness (QED) is 0.701. The summed E-state index contributed by atoms with van der Waals surface area (Å²) >= 11 is 3.66. The fraction of sp³-hybridized carbons (Fsp3) is 0.286. The van der Waals surface area contributed by atoms with Crippen LogP contribution in [0.4, 0.5) is 0 Å². The number of aryl methyl sites for hydroxylation is 1. The maximum absolute atomic E-state index is 11.7. The number of aromatic nitrogens is 3. The van der Waals surface area contributed by atoms with Crippen molar-refractivity contribution in [2.45, 2.75) is 18.2 Å². The maximum atomic E-state index is 11.7. The standard InChI is InChI=1S/C14H14BrN3O/c1-14(2,15)8-4-5-10-9(6-8)12-11(7-16-10)18(3)13(19)17-12/h4-7H,1-3H3,(H,17,19). The van der Waals surface area contributed by atoms with Gasteiger partial charge in [-0.1, -0.05) is 22.0 Å². The van der Waals surface area contributed by atoms with Gasteiger partial charge in [0.05, 0.1) is 22.7 Å². The Balaban J connectivity index is 2.46. The van der Waals surface area contributed by atoms with Gasteiger partial charge in [0.25, 0.3) is 0 Å². The highest BCUT2D eigenvalue weighted by atomic mass is 79.9. The lowest BCUT2D eigenvalue weighted by Gasteiger charge is -2.17. The molecule has 0 amide bonds. The number of pyridine rings is 1. The summed E-state index contributed by atoms with van der Waals surface area (Å²) in [6, 6.07) is 6.12. The van der Waals surface area contributed by atoms with Crippen LogP contribution in [0, 0.1) is 0 Å². The minimum Gasteiger partial charge on any atom is -0.305 e. The first kappa shape index (κ1) is 12.4. The van der Waals surface area contributed by atoms with Gasteiger partial charge in [-0.05, 0) is 31.5 Å². The van der Waals surface area contributed by atoms with Gasteiger partial charge in [0.2, 0.25) is 0 Å². The number of hydrogen-bond donors (Lipinski definition) is 1. The van der Waals surface area contributed by atoms with Crippen LogP contribution in [-0.2, 0) is 11.4 Å². The first-order chi connectivity index (χ1) is 8.88. The fourth-order valence-corrected chi connectivity index (χ4v) is 2.48. The number of halogens is 1. The number of rotatable bonds is 1. The predicted octanol–water partition coefficient (Wildman–Crippen LogP) is 3.04. The molecule has 0 aliphatic rings. The number of nitrogens with zero attached hydrogens (tertiary/aromatic N) is 2. The van der Waals surface area contributed by atoms with Gasteiger partial charge in [0.15, 0.2) is 0 Å². The van der Waals surface area contributed by atoms with E-state index in [4.69, 9.17) is 0 Å². The molecule has 5 heteroatoms. The van der Waals surface area contributed by atoms with Crippen LogP contribution in [-0.4, -0.2) is 14.5 Å². The number of alkyl halides is 1. The first-order valence-electron chi connectivity index (χ1n) is 6.05. The van der Waals surface area contributed by atoms with Gasteiger partial charge in [-0.3, -0.25) is 9.55 Å². The summed E-state index contributed by atoms with van der Waals surface area (Å²) in [5.74, 6) is 0. The van der Waals surface area contributed by atoms with Crippen molar-refractivity contribution in [3.63, 3.8) is 0 Å². The Bertz CT molecular complexity index is 839. The molecule has 19 heavy (non-hydrogen) atoms. The van der Waals surface area contributed by atoms with E-state index in [0.29, 0.717) is 0 Å². The van der Waals surface area contributed by atoms with E-state index in [1.54, 1.807) is 17.8 Å². The van der Waals surface area contributed by atoms with E-state index < -0.39 is 0 Å². The van der Waals surface area contributed by atoms with E-state index in [9.17, 15) is 4.79 Å². The molecule has 0 atom stereocenters. The number of benzene rings is 1. The van der Waals surface area contributed by atoms with Gasteiger partial charge in [-0.15, -0.1) is 0 Å². The SMILES string of the molecule is Cn1c(=O)[nH]c2c3cc(C(C)(C)Br)ccc3ncc21. The van der Waals surface area contributed by atoms with Crippen molar-refractivity contribution in [3.8, 4) is 0 Å². The van der Waals surface area contributed by atoms with Crippen LogP contribution < -0.4 is 5.69 Å². The Morgan fingerprint density at radius 2 is 2.11 bits per heavy atom. The van der Waals surface area contributed by atoms with Crippen LogP contribution >= 0.6 is 15.9 Å². The largest absolute Gasteiger partial charge is 0.326 e. The molecule has 0 saturated carbocycles. The zero-order chi connectivity index (χ0) is 13.8. The summed E-state index contributed by atoms with van der Waals surface area (Å²) < 4.78 is 1.46. The van der Waals surface area contributed by atoms with Crippen LogP contribution in [0.2, 0.25) is 0 Å². The molecule has 2 aromatic heterocycles. The second-order valence-corrected chi connectivity index (χ2v) is 7.19. The van der Waals surface area contributed by atoms with Crippen LogP contribution in [0.3, 0.4) is 0 Å². The molecule has 0 unspecified atom stereocenters. The highest BCUT2D eigenvalue weighted by molar-refractivity contribution is 9.09. The highest BCUT2D eigenvalue weighted by Crippen LogP contribution is 2.32. The predicted molar refractivity (Wildman–Crippen MR) is 80.8 cm³/mol. The van der Waals surface area contributed by atoms with Crippen LogP contribution in [0.25, 0.3) is 21.9 Å². The van der Waals surface area contributed by atoms with Gasteiger partial charge < -0.3 is 4.98 Å². The summed E-state index contributed by atoms with van der Waals surface area (Å²) in [4.78, 5) is 19.0. The Labute approximate surface area is 118 Å². The molecule has 0 saturated heterocycles. The van der Waals surface area contributed by atoms with Gasteiger partial charge in [0, 0.05) is 16.8 Å². The molecule has 1 aromatic carbocycles. The summed E-state index contributed by atoms with van der Waals surface area (Å²) in [6.07, 6.45) is 1.73. The normalized spacial score (nSPS) is 12.4. The summed E-state index contributed by atoms with van der Waals surface area (Å²) in [5, 5.41) is 0.972. The minimum atomic E-state index is -0.118. The molecule has 0 aliphatic carbocycles. The van der Waals surface area contributed by atoms with Crippen molar-refractivity contribution < 1.29 is 0 Å². The molecule has 0 bridgehead atoms. The maximum Gasteiger partial charge on any atom is 0.326 e. The first-order valence-corrected chi connectivity index (χ1v) is 6.84. The van der Waals surface area contributed by atoms with Crippen molar-refractivity contribution in [3.05, 3.63) is 40.4 Å². The monoisotopic (exact) mass is 319 g/mol. The summed E-state index contributed by atoms with van der Waals surface area (Å²) in [7, 11) is 1.74. The lowest BCUT2D eigenvalue weighted by molar-refractivity contribution is 0.805. The zero-order valence-corrected chi connectivity index (χ0v) is 12.6. The third-order valence-corrected chi connectivity index (χ3v) is 3.89. The molecule has 1 N–H and O–H groups in total. The number of H-pyrrole nitrogens is 1. The second-order valence-electron chi connectivity index (χ2n) is 5.21. The molecule has 98 valence electrons. The lowest BCUT2D eigenvalue weighted by atomic mass is 10.0. The number of imidazole rings is 1. The van der Waals surface area contributed by atoms with Crippen molar-refractivity contribution in [1.29, 1.82) is 0 Å². The molecule has 3 rings (SSSR count). The number of aromatic amines is 1. The smallest absolute Gasteiger partial charge is 0.305 e. The van der Waals surface area contributed by atoms with E-state index in [2.05, 4.69) is 51.9 Å². The van der Waals surface area contributed by atoms with Crippen molar-refractivity contribution in [1.82, 2.24) is 14.5 Å². The Hall–Kier alpha value is -1.62. The molecular formula is C14H14BrN3O. The van der Waals surface area contributed by atoms with Crippen LogP contribution in [0.15, 0.2) is 29.2 Å². The average Bonchev–Trinajstić information content (AvgIpc) is 2.64. The van der Waals surface area contributed by atoms with Gasteiger partial charge in [0.1, 0.15) is 0 Å². The number of hydrogen-bond acceptors (Lipinski definition) is 2. The summed E-state index contributed by atoms with van der Waals surface area (Å²) in [5.41, 5.74) is 3.58. The molecule has 0 aliphatic heterocycles. The fourth-order valence-electron chi connectivity index (χ4n) is 2.24. The van der Waals surface area contributed by atoms with Crippen molar-refractivity contribution >= 4 is 37.9 Å². The second kappa shape index (κ2) is 3.93. The van der Waals surface area contributed by atoms with E-state index in [1.165, 1.54) is 0 Å². The summed E-state index contributed by atoms with van der Waals surface area (Å²) in [6.45, 7) is 4.19. The van der Waals surface area contributed by atoms with E-state index in [0.717, 1.165) is 27.5 Å². The molecule has 0 fully saturated rings. The van der Waals surface area contributed by atoms with Gasteiger partial charge >= 0.3 is 5.69 Å². The third kappa shape index (κ3) is 1.89. The highest BCUT2D eigenvalue weighted by Gasteiger charge is 2.17. The van der Waals surface area contributed by atoms with E-state index in [-0.39, 0.29) is 10.0 Å². The molecular weight excluding hydrogens is 306 g/mol. The van der Waals surface area contributed by atoms with E-state index in [1.807, 2.05) is 6.07 Å².